The van der Waals surface area contributed by atoms with Crippen molar-refractivity contribution in [2.75, 3.05) is 13.2 Å². The standard InChI is InChI=1S/C15H20N2O4/c1-9(7-14(18)19)6-12(16)10-2-3-13-11(8-10)15(20)17-4-5-21-13/h2-3,8-9,12H,4-7,16H2,1H3,(H,17,20)(H,18,19). The zero-order valence-corrected chi connectivity index (χ0v) is 12.0. The number of carbonyl (C=O) groups excluding carboxylic acids is 1. The van der Waals surface area contributed by atoms with E-state index in [0.29, 0.717) is 30.9 Å². The molecule has 2 atom stereocenters. The van der Waals surface area contributed by atoms with Crippen LogP contribution in [0.1, 0.15) is 41.7 Å². The van der Waals surface area contributed by atoms with Crippen molar-refractivity contribution < 1.29 is 19.4 Å². The predicted octanol–water partition coefficient (Wildman–Crippen LogP) is 1.31. The first kappa shape index (κ1) is 15.3. The fraction of sp³-hybridized carbons (Fsp3) is 0.467. The van der Waals surface area contributed by atoms with Gasteiger partial charge < -0.3 is 20.9 Å². The Labute approximate surface area is 123 Å². The van der Waals surface area contributed by atoms with Crippen LogP contribution >= 0.6 is 0 Å². The number of fused-ring (bicyclic) bond motifs is 1. The van der Waals surface area contributed by atoms with E-state index in [2.05, 4.69) is 5.32 Å². The lowest BCUT2D eigenvalue weighted by Crippen LogP contribution is -2.24. The molecule has 2 unspecified atom stereocenters. The summed E-state index contributed by atoms with van der Waals surface area (Å²) in [6.07, 6.45) is 0.635. The summed E-state index contributed by atoms with van der Waals surface area (Å²) in [5.74, 6) is -0.472. The minimum Gasteiger partial charge on any atom is -0.491 e. The number of carboxylic acid groups (broad SMARTS) is 1. The van der Waals surface area contributed by atoms with Crippen LogP contribution in [-0.4, -0.2) is 30.1 Å². The Kier molecular flexibility index (Phi) is 4.80. The van der Waals surface area contributed by atoms with Crippen molar-refractivity contribution >= 4 is 11.9 Å². The van der Waals surface area contributed by atoms with E-state index in [0.717, 1.165) is 5.56 Å². The molecule has 0 aromatic heterocycles. The first-order valence-electron chi connectivity index (χ1n) is 6.99. The van der Waals surface area contributed by atoms with Gasteiger partial charge in [0, 0.05) is 12.5 Å². The molecule has 21 heavy (non-hydrogen) atoms. The Bertz CT molecular complexity index is 544. The number of hydrogen-bond acceptors (Lipinski definition) is 4. The van der Waals surface area contributed by atoms with Gasteiger partial charge in [0.25, 0.3) is 5.91 Å². The normalized spacial score (nSPS) is 17.0. The van der Waals surface area contributed by atoms with Gasteiger partial charge in [-0.3, -0.25) is 9.59 Å². The monoisotopic (exact) mass is 292 g/mol. The lowest BCUT2D eigenvalue weighted by molar-refractivity contribution is -0.138. The minimum absolute atomic E-state index is 0.0265. The van der Waals surface area contributed by atoms with Crippen molar-refractivity contribution in [2.45, 2.75) is 25.8 Å². The molecule has 1 heterocycles. The Balaban J connectivity index is 2.13. The molecule has 114 valence electrons. The number of nitrogens with two attached hydrogens (primary N) is 1. The highest BCUT2D eigenvalue weighted by molar-refractivity contribution is 5.97. The summed E-state index contributed by atoms with van der Waals surface area (Å²) in [5, 5.41) is 11.5. The van der Waals surface area contributed by atoms with Gasteiger partial charge in [0.2, 0.25) is 0 Å². The Morgan fingerprint density at radius 3 is 3.00 bits per heavy atom. The van der Waals surface area contributed by atoms with Crippen LogP contribution in [-0.2, 0) is 4.79 Å². The summed E-state index contributed by atoms with van der Waals surface area (Å²) < 4.78 is 5.49. The second kappa shape index (κ2) is 6.58. The van der Waals surface area contributed by atoms with E-state index in [9.17, 15) is 9.59 Å². The first-order valence-corrected chi connectivity index (χ1v) is 6.99. The molecule has 2 rings (SSSR count). The molecule has 1 aliphatic heterocycles. The lowest BCUT2D eigenvalue weighted by atomic mass is 9.93. The first-order chi connectivity index (χ1) is 9.97. The topological polar surface area (TPSA) is 102 Å². The van der Waals surface area contributed by atoms with E-state index >= 15 is 0 Å². The van der Waals surface area contributed by atoms with Crippen molar-refractivity contribution in [3.8, 4) is 5.75 Å². The van der Waals surface area contributed by atoms with Crippen molar-refractivity contribution in [1.29, 1.82) is 0 Å². The van der Waals surface area contributed by atoms with E-state index in [1.54, 1.807) is 12.1 Å². The van der Waals surface area contributed by atoms with Gasteiger partial charge in [-0.1, -0.05) is 13.0 Å². The van der Waals surface area contributed by atoms with Gasteiger partial charge in [0.1, 0.15) is 12.4 Å². The Morgan fingerprint density at radius 1 is 1.52 bits per heavy atom. The maximum atomic E-state index is 11.9. The van der Waals surface area contributed by atoms with Gasteiger partial charge in [-0.2, -0.15) is 0 Å². The van der Waals surface area contributed by atoms with Crippen LogP contribution in [0.2, 0.25) is 0 Å². The molecule has 1 aromatic carbocycles. The molecule has 1 amide bonds. The quantitative estimate of drug-likeness (QED) is 0.759. The van der Waals surface area contributed by atoms with Crippen LogP contribution in [0.25, 0.3) is 0 Å². The Hall–Kier alpha value is -2.08. The van der Waals surface area contributed by atoms with Gasteiger partial charge >= 0.3 is 5.97 Å². The van der Waals surface area contributed by atoms with Gasteiger partial charge in [0.05, 0.1) is 12.1 Å². The summed E-state index contributed by atoms with van der Waals surface area (Å²) in [7, 11) is 0. The molecule has 1 aliphatic rings. The third-order valence-corrected chi connectivity index (χ3v) is 3.50. The largest absolute Gasteiger partial charge is 0.491 e. The third-order valence-electron chi connectivity index (χ3n) is 3.50. The van der Waals surface area contributed by atoms with E-state index in [1.165, 1.54) is 0 Å². The zero-order chi connectivity index (χ0) is 15.4. The second-order valence-corrected chi connectivity index (χ2v) is 5.41. The summed E-state index contributed by atoms with van der Waals surface area (Å²) in [4.78, 5) is 22.6. The van der Waals surface area contributed by atoms with E-state index in [1.807, 2.05) is 13.0 Å². The Morgan fingerprint density at radius 2 is 2.29 bits per heavy atom. The zero-order valence-electron chi connectivity index (χ0n) is 12.0. The summed E-state index contributed by atoms with van der Waals surface area (Å²) >= 11 is 0. The summed E-state index contributed by atoms with van der Waals surface area (Å²) in [5.41, 5.74) is 7.41. The van der Waals surface area contributed by atoms with Gasteiger partial charge in [-0.05, 0) is 30.0 Å². The number of benzene rings is 1. The maximum absolute atomic E-state index is 11.9. The maximum Gasteiger partial charge on any atom is 0.303 e. The SMILES string of the molecule is CC(CC(=O)O)CC(N)c1ccc2c(c1)C(=O)NCCO2. The van der Waals surface area contributed by atoms with Crippen LogP contribution < -0.4 is 15.8 Å². The number of carboxylic acids is 1. The molecule has 0 saturated carbocycles. The molecule has 1 aromatic rings. The molecule has 0 saturated heterocycles. The molecule has 0 fully saturated rings. The van der Waals surface area contributed by atoms with Gasteiger partial charge in [0.15, 0.2) is 0 Å². The van der Waals surface area contributed by atoms with Gasteiger partial charge in [-0.15, -0.1) is 0 Å². The highest BCUT2D eigenvalue weighted by Crippen LogP contribution is 2.27. The van der Waals surface area contributed by atoms with Crippen molar-refractivity contribution in [2.24, 2.45) is 11.7 Å². The summed E-state index contributed by atoms with van der Waals surface area (Å²) in [6, 6.07) is 5.00. The third kappa shape index (κ3) is 3.95. The van der Waals surface area contributed by atoms with Crippen LogP contribution in [0.5, 0.6) is 5.75 Å². The fourth-order valence-corrected chi connectivity index (χ4v) is 2.45. The number of aliphatic carboxylic acids is 1. The smallest absolute Gasteiger partial charge is 0.303 e. The van der Waals surface area contributed by atoms with Crippen molar-refractivity contribution in [1.82, 2.24) is 5.32 Å². The molecule has 0 spiro atoms. The molecule has 6 nitrogen and oxygen atoms in total. The number of amides is 1. The van der Waals surface area contributed by atoms with Crippen LogP contribution in [0.4, 0.5) is 0 Å². The van der Waals surface area contributed by atoms with Crippen molar-refractivity contribution in [3.05, 3.63) is 29.3 Å². The number of nitrogens with one attached hydrogen (secondary N) is 1. The highest BCUT2D eigenvalue weighted by Gasteiger charge is 2.20. The number of ether oxygens (including phenoxy) is 1. The second-order valence-electron chi connectivity index (χ2n) is 5.41. The van der Waals surface area contributed by atoms with E-state index in [4.69, 9.17) is 15.6 Å². The van der Waals surface area contributed by atoms with Gasteiger partial charge in [-0.25, -0.2) is 0 Å². The van der Waals surface area contributed by atoms with Crippen LogP contribution in [0, 0.1) is 5.92 Å². The molecule has 0 bridgehead atoms. The average Bonchev–Trinajstić information content (AvgIpc) is 2.59. The minimum atomic E-state index is -0.829. The number of carbonyl (C=O) groups is 2. The van der Waals surface area contributed by atoms with E-state index < -0.39 is 5.97 Å². The molecule has 0 aliphatic carbocycles. The van der Waals surface area contributed by atoms with Crippen LogP contribution in [0.3, 0.4) is 0 Å². The van der Waals surface area contributed by atoms with Crippen LogP contribution in [0.15, 0.2) is 18.2 Å². The molecule has 0 radical (unpaired) electrons. The summed E-state index contributed by atoms with van der Waals surface area (Å²) in [6.45, 7) is 2.78. The number of hydrogen-bond donors (Lipinski definition) is 3. The molecular formula is C15H20N2O4. The fourth-order valence-electron chi connectivity index (χ4n) is 2.45. The molecule has 4 N–H and O–H groups in total. The van der Waals surface area contributed by atoms with E-state index in [-0.39, 0.29) is 24.3 Å². The average molecular weight is 292 g/mol. The lowest BCUT2D eigenvalue weighted by Gasteiger charge is -2.17. The molecule has 6 heteroatoms. The number of rotatable bonds is 5. The van der Waals surface area contributed by atoms with Crippen molar-refractivity contribution in [3.63, 3.8) is 0 Å². The highest BCUT2D eigenvalue weighted by atomic mass is 16.5. The molecular weight excluding hydrogens is 272 g/mol. The predicted molar refractivity (Wildman–Crippen MR) is 77.2 cm³/mol.